The average molecular weight is 278 g/mol. The molecule has 2 atom stereocenters. The van der Waals surface area contributed by atoms with Crippen LogP contribution in [-0.2, 0) is 0 Å². The van der Waals surface area contributed by atoms with E-state index in [9.17, 15) is 0 Å². The van der Waals surface area contributed by atoms with Gasteiger partial charge in [-0.15, -0.1) is 23.2 Å². The first-order valence-corrected chi connectivity index (χ1v) is 5.71. The van der Waals surface area contributed by atoms with E-state index in [0.29, 0.717) is 4.83 Å². The molecular weight excluding hydrogens is 267 g/mol. The first kappa shape index (κ1) is 10.5. The third-order valence-corrected chi connectivity index (χ3v) is 5.00. The van der Waals surface area contributed by atoms with Crippen LogP contribution >= 0.6 is 51.8 Å². The van der Waals surface area contributed by atoms with Crippen molar-refractivity contribution in [3.05, 3.63) is 0 Å². The molecule has 0 nitrogen and oxygen atoms in total. The van der Waals surface area contributed by atoms with E-state index in [0.717, 1.165) is 19.3 Å². The van der Waals surface area contributed by atoms with E-state index in [1.54, 1.807) is 0 Å². The summed E-state index contributed by atoms with van der Waals surface area (Å²) in [6.07, 6.45) is 2.83. The van der Waals surface area contributed by atoms with E-state index in [1.165, 1.54) is 0 Å². The van der Waals surface area contributed by atoms with E-state index in [2.05, 4.69) is 28.6 Å². The second-order valence-electron chi connectivity index (χ2n) is 3.32. The Labute approximate surface area is 91.6 Å². The predicted molar refractivity (Wildman–Crippen MR) is 58.4 cm³/mol. The fourth-order valence-corrected chi connectivity index (χ4v) is 3.09. The molecule has 0 heterocycles. The van der Waals surface area contributed by atoms with Gasteiger partial charge in [-0.2, -0.15) is 12.6 Å². The molecule has 0 aromatic heterocycles. The summed E-state index contributed by atoms with van der Waals surface area (Å²) in [6.45, 7) is 2.00. The van der Waals surface area contributed by atoms with E-state index in [-0.39, 0.29) is 4.75 Å². The van der Waals surface area contributed by atoms with Gasteiger partial charge in [0.05, 0.1) is 0 Å². The van der Waals surface area contributed by atoms with Crippen LogP contribution in [0.15, 0.2) is 0 Å². The van der Waals surface area contributed by atoms with E-state index < -0.39 is 4.33 Å². The lowest BCUT2D eigenvalue weighted by molar-refractivity contribution is 0.412. The molecule has 0 spiro atoms. The summed E-state index contributed by atoms with van der Waals surface area (Å²) in [7, 11) is 0. The Balaban J connectivity index is 2.72. The molecule has 0 aromatic carbocycles. The third kappa shape index (κ3) is 2.20. The number of alkyl halides is 3. The minimum atomic E-state index is -0.692. The molecule has 0 saturated heterocycles. The van der Waals surface area contributed by atoms with Crippen LogP contribution in [0, 0.1) is 0 Å². The number of halogens is 3. The van der Waals surface area contributed by atoms with Crippen molar-refractivity contribution in [2.45, 2.75) is 40.1 Å². The van der Waals surface area contributed by atoms with Crippen LogP contribution in [0.25, 0.3) is 0 Å². The maximum Gasteiger partial charge on any atom is 0.133 e. The summed E-state index contributed by atoms with van der Waals surface area (Å²) in [5, 5.41) is 0. The number of thiol groups is 1. The number of hydrogen-bond donors (Lipinski definition) is 1. The summed E-state index contributed by atoms with van der Waals surface area (Å²) < 4.78 is -0.942. The van der Waals surface area contributed by atoms with Gasteiger partial charge in [-0.25, -0.2) is 0 Å². The Kier molecular flexibility index (Phi) is 3.13. The molecule has 66 valence electrons. The molecule has 1 fully saturated rings. The van der Waals surface area contributed by atoms with Crippen molar-refractivity contribution in [3.8, 4) is 0 Å². The molecule has 11 heavy (non-hydrogen) atoms. The van der Waals surface area contributed by atoms with Crippen molar-refractivity contribution in [3.63, 3.8) is 0 Å². The van der Waals surface area contributed by atoms with Crippen LogP contribution in [0.4, 0.5) is 0 Å². The minimum absolute atomic E-state index is 0.250. The van der Waals surface area contributed by atoms with Crippen molar-refractivity contribution >= 4 is 51.8 Å². The second-order valence-corrected chi connectivity index (χ2v) is 7.08. The van der Waals surface area contributed by atoms with Gasteiger partial charge < -0.3 is 0 Å². The molecular formula is C7H11BrCl2S. The molecule has 4 heteroatoms. The maximum absolute atomic E-state index is 6.12. The Morgan fingerprint density at radius 1 is 1.55 bits per heavy atom. The van der Waals surface area contributed by atoms with E-state index >= 15 is 0 Å². The molecule has 0 radical (unpaired) electrons. The topological polar surface area (TPSA) is 0 Å². The normalized spacial score (nSPS) is 43.9. The summed E-state index contributed by atoms with van der Waals surface area (Å²) in [4.78, 5) is 0.442. The lowest BCUT2D eigenvalue weighted by atomic mass is 9.88. The highest BCUT2D eigenvalue weighted by molar-refractivity contribution is 9.09. The van der Waals surface area contributed by atoms with Crippen LogP contribution < -0.4 is 0 Å². The highest BCUT2D eigenvalue weighted by Gasteiger charge is 2.47. The van der Waals surface area contributed by atoms with Gasteiger partial charge in [-0.05, 0) is 26.2 Å². The molecule has 0 bridgehead atoms. The van der Waals surface area contributed by atoms with Crippen molar-refractivity contribution in [1.29, 1.82) is 0 Å². The molecule has 1 saturated carbocycles. The fourth-order valence-electron chi connectivity index (χ4n) is 1.22. The average Bonchev–Trinajstić information content (AvgIpc) is 1.80. The largest absolute Gasteiger partial charge is 0.170 e. The quantitative estimate of drug-likeness (QED) is 0.505. The molecule has 0 aromatic rings. The van der Waals surface area contributed by atoms with Gasteiger partial charge in [0.15, 0.2) is 0 Å². The molecule has 1 aliphatic rings. The molecule has 0 amide bonds. The van der Waals surface area contributed by atoms with Crippen LogP contribution in [0.2, 0.25) is 0 Å². The highest BCUT2D eigenvalue weighted by Crippen LogP contribution is 2.50. The molecule has 1 rings (SSSR count). The Bertz CT molecular complexity index is 159. The van der Waals surface area contributed by atoms with Crippen LogP contribution in [0.3, 0.4) is 0 Å². The zero-order valence-corrected chi connectivity index (χ0v) is 10.3. The van der Waals surface area contributed by atoms with E-state index in [1.807, 2.05) is 6.92 Å². The predicted octanol–water partition coefficient (Wildman–Crippen LogP) is 3.80. The first-order valence-electron chi connectivity index (χ1n) is 3.59. The van der Waals surface area contributed by atoms with Crippen molar-refractivity contribution in [2.75, 3.05) is 0 Å². The van der Waals surface area contributed by atoms with Crippen LogP contribution in [-0.4, -0.2) is 13.9 Å². The Hall–Kier alpha value is 1.41. The molecule has 1 aliphatic carbocycles. The highest BCUT2D eigenvalue weighted by atomic mass is 79.9. The monoisotopic (exact) mass is 276 g/mol. The second kappa shape index (κ2) is 3.28. The van der Waals surface area contributed by atoms with Gasteiger partial charge in [-0.1, -0.05) is 15.9 Å². The van der Waals surface area contributed by atoms with Gasteiger partial charge in [0.25, 0.3) is 0 Å². The lowest BCUT2D eigenvalue weighted by Crippen LogP contribution is -2.44. The number of hydrogen-bond acceptors (Lipinski definition) is 1. The molecule has 2 unspecified atom stereocenters. The minimum Gasteiger partial charge on any atom is -0.170 e. The van der Waals surface area contributed by atoms with Gasteiger partial charge in [-0.3, -0.25) is 0 Å². The zero-order chi connectivity index (χ0) is 8.70. The van der Waals surface area contributed by atoms with Gasteiger partial charge in [0, 0.05) is 9.57 Å². The fraction of sp³-hybridized carbons (Fsp3) is 1.00. The van der Waals surface area contributed by atoms with Gasteiger partial charge in [0.2, 0.25) is 0 Å². The molecule has 0 aliphatic heterocycles. The third-order valence-electron chi connectivity index (χ3n) is 2.21. The van der Waals surface area contributed by atoms with Gasteiger partial charge >= 0.3 is 0 Å². The van der Waals surface area contributed by atoms with Gasteiger partial charge in [0.1, 0.15) is 4.33 Å². The van der Waals surface area contributed by atoms with Crippen LogP contribution in [0.1, 0.15) is 26.2 Å². The maximum atomic E-state index is 6.12. The Morgan fingerprint density at radius 3 is 2.45 bits per heavy atom. The van der Waals surface area contributed by atoms with Crippen LogP contribution in [0.5, 0.6) is 0 Å². The zero-order valence-electron chi connectivity index (χ0n) is 6.28. The SMILES string of the molecule is CC1(S)CCC(Br)CC1(Cl)Cl. The summed E-state index contributed by atoms with van der Waals surface area (Å²) in [6, 6.07) is 0. The summed E-state index contributed by atoms with van der Waals surface area (Å²) in [5.41, 5.74) is 0. The van der Waals surface area contributed by atoms with Crippen molar-refractivity contribution < 1.29 is 0 Å². The summed E-state index contributed by atoms with van der Waals surface area (Å²) >= 11 is 20.2. The van der Waals surface area contributed by atoms with Crippen molar-refractivity contribution in [1.82, 2.24) is 0 Å². The Morgan fingerprint density at radius 2 is 2.09 bits per heavy atom. The van der Waals surface area contributed by atoms with E-state index in [4.69, 9.17) is 23.2 Å². The first-order chi connectivity index (χ1) is 4.85. The van der Waals surface area contributed by atoms with Crippen molar-refractivity contribution in [2.24, 2.45) is 0 Å². The smallest absolute Gasteiger partial charge is 0.133 e. The standard InChI is InChI=1S/C7H11BrCl2S/c1-6(11)3-2-5(8)4-7(6,9)10/h5,11H,2-4H2,1H3. The lowest BCUT2D eigenvalue weighted by Gasteiger charge is -2.42. The molecule has 0 N–H and O–H groups in total. The summed E-state index contributed by atoms with van der Waals surface area (Å²) in [5.74, 6) is 0. The number of rotatable bonds is 0.